The summed E-state index contributed by atoms with van der Waals surface area (Å²) in [6.07, 6.45) is 1.40. The van der Waals surface area contributed by atoms with Crippen LogP contribution in [-0.2, 0) is 0 Å². The van der Waals surface area contributed by atoms with E-state index in [2.05, 4.69) is 42.0 Å². The third kappa shape index (κ3) is 6.78. The molecule has 0 aliphatic carbocycles. The molecule has 0 bridgehead atoms. The van der Waals surface area contributed by atoms with E-state index < -0.39 is 0 Å². The molecule has 4 rings (SSSR count). The largest absolute Gasteiger partial charge is 0.497 e. The number of hydrazine groups is 2. The Kier molecular flexibility index (Phi) is 8.87. The first kappa shape index (κ1) is 26.9. The molecular formula is C26H30N8O5. The van der Waals surface area contributed by atoms with Gasteiger partial charge in [0.15, 0.2) is 11.5 Å². The molecule has 3 aromatic carbocycles. The van der Waals surface area contributed by atoms with Crippen molar-refractivity contribution in [3.63, 3.8) is 0 Å². The predicted molar refractivity (Wildman–Crippen MR) is 149 cm³/mol. The minimum atomic E-state index is 0.318. The normalized spacial score (nSPS) is 10.3. The molecule has 0 aliphatic rings. The summed E-state index contributed by atoms with van der Waals surface area (Å²) in [6.45, 7) is 0. The van der Waals surface area contributed by atoms with Crippen molar-refractivity contribution in [3.8, 4) is 28.7 Å². The van der Waals surface area contributed by atoms with Crippen LogP contribution in [0, 0.1) is 0 Å². The molecule has 5 N–H and O–H groups in total. The van der Waals surface area contributed by atoms with Gasteiger partial charge in [-0.1, -0.05) is 12.1 Å². The van der Waals surface area contributed by atoms with Gasteiger partial charge >= 0.3 is 0 Å². The number of anilines is 6. The summed E-state index contributed by atoms with van der Waals surface area (Å²) < 4.78 is 26.8. The number of methoxy groups -OCH3 is 5. The summed E-state index contributed by atoms with van der Waals surface area (Å²) in [6, 6.07) is 16.5. The Morgan fingerprint density at radius 1 is 0.590 bits per heavy atom. The van der Waals surface area contributed by atoms with E-state index in [-0.39, 0.29) is 0 Å². The number of para-hydroxylation sites is 2. The van der Waals surface area contributed by atoms with E-state index in [0.717, 1.165) is 17.1 Å². The number of hydrogen-bond donors (Lipinski definition) is 5. The molecule has 39 heavy (non-hydrogen) atoms. The van der Waals surface area contributed by atoms with Gasteiger partial charge in [0.05, 0.1) is 52.6 Å². The zero-order valence-electron chi connectivity index (χ0n) is 22.2. The van der Waals surface area contributed by atoms with Crippen LogP contribution in [0.2, 0.25) is 0 Å². The fraction of sp³-hybridized carbons (Fsp3) is 0.192. The molecule has 1 heterocycles. The van der Waals surface area contributed by atoms with Gasteiger partial charge in [0.25, 0.3) is 0 Å². The minimum absolute atomic E-state index is 0.318. The van der Waals surface area contributed by atoms with Crippen LogP contribution in [0.4, 0.5) is 34.6 Å². The third-order valence-electron chi connectivity index (χ3n) is 5.42. The number of nitrogens with one attached hydrogen (secondary N) is 5. The van der Waals surface area contributed by atoms with Gasteiger partial charge in [-0.2, -0.15) is 4.98 Å². The van der Waals surface area contributed by atoms with E-state index in [0.29, 0.717) is 46.3 Å². The Labute approximate surface area is 225 Å². The highest BCUT2D eigenvalue weighted by Gasteiger charge is 2.14. The van der Waals surface area contributed by atoms with E-state index in [1.807, 2.05) is 36.4 Å². The summed E-state index contributed by atoms with van der Waals surface area (Å²) in [5.41, 5.74) is 12.0. The van der Waals surface area contributed by atoms with Gasteiger partial charge in [0.1, 0.15) is 17.8 Å². The first-order chi connectivity index (χ1) is 19.1. The number of ether oxygens (including phenoxy) is 5. The van der Waals surface area contributed by atoms with Crippen LogP contribution in [0.5, 0.6) is 28.7 Å². The number of rotatable bonds is 13. The standard InChI is InChI=1S/C26H30N8O5/c1-35-18-10-17(11-19(14-18)36-2)32-34-33-21-9-7-6-8-20(21)30-26-28-15-27-25(31-26)29-16-12-22(37-3)24(39-5)23(13-16)38-4/h6-15,32-34H,1-5H3,(H2,27,28,29,30,31). The summed E-state index contributed by atoms with van der Waals surface area (Å²) in [7, 11) is 7.84. The zero-order valence-corrected chi connectivity index (χ0v) is 22.2. The summed E-state index contributed by atoms with van der Waals surface area (Å²) in [4.78, 5) is 12.9. The average molecular weight is 535 g/mol. The summed E-state index contributed by atoms with van der Waals surface area (Å²) in [5, 5.41) is 6.35. The fourth-order valence-corrected chi connectivity index (χ4v) is 3.57. The van der Waals surface area contributed by atoms with Gasteiger partial charge in [-0.3, -0.25) is 0 Å². The van der Waals surface area contributed by atoms with Crippen molar-refractivity contribution < 1.29 is 23.7 Å². The molecule has 0 spiro atoms. The maximum atomic E-state index is 5.42. The molecule has 13 nitrogen and oxygen atoms in total. The highest BCUT2D eigenvalue weighted by Crippen LogP contribution is 2.40. The van der Waals surface area contributed by atoms with Gasteiger partial charge in [-0.15, -0.1) is 5.53 Å². The second kappa shape index (κ2) is 12.9. The van der Waals surface area contributed by atoms with E-state index in [1.54, 1.807) is 53.7 Å². The van der Waals surface area contributed by atoms with E-state index in [1.165, 1.54) is 6.33 Å². The Morgan fingerprint density at radius 2 is 1.21 bits per heavy atom. The lowest BCUT2D eigenvalue weighted by Gasteiger charge is -2.16. The SMILES string of the molecule is COc1cc(NNNc2ccccc2Nc2ncnc(Nc3cc(OC)c(OC)c(OC)c3)n2)cc(OC)c1. The highest BCUT2D eigenvalue weighted by atomic mass is 16.5. The van der Waals surface area contributed by atoms with E-state index in [9.17, 15) is 0 Å². The Hall–Kier alpha value is -5.17. The van der Waals surface area contributed by atoms with Crippen LogP contribution in [0.25, 0.3) is 0 Å². The number of hydrogen-bond acceptors (Lipinski definition) is 13. The molecule has 0 radical (unpaired) electrons. The molecule has 0 aliphatic heterocycles. The molecular weight excluding hydrogens is 504 g/mol. The van der Waals surface area contributed by atoms with Gasteiger partial charge in [0, 0.05) is 36.0 Å². The Bertz CT molecular complexity index is 1360. The lowest BCUT2D eigenvalue weighted by molar-refractivity contribution is 0.324. The molecule has 0 saturated carbocycles. The first-order valence-corrected chi connectivity index (χ1v) is 11.7. The molecule has 0 saturated heterocycles. The van der Waals surface area contributed by atoms with Crippen LogP contribution in [0.1, 0.15) is 0 Å². The summed E-state index contributed by atoms with van der Waals surface area (Å²) >= 11 is 0. The number of nitrogens with zero attached hydrogens (tertiary/aromatic N) is 3. The van der Waals surface area contributed by atoms with Crippen molar-refractivity contribution in [2.24, 2.45) is 0 Å². The molecule has 0 fully saturated rings. The average Bonchev–Trinajstić information content (AvgIpc) is 2.97. The van der Waals surface area contributed by atoms with Crippen molar-refractivity contribution in [1.29, 1.82) is 0 Å². The van der Waals surface area contributed by atoms with Crippen molar-refractivity contribution >= 4 is 34.6 Å². The highest BCUT2D eigenvalue weighted by molar-refractivity contribution is 5.72. The van der Waals surface area contributed by atoms with Gasteiger partial charge in [-0.25, -0.2) is 9.97 Å². The van der Waals surface area contributed by atoms with Gasteiger partial charge in [0.2, 0.25) is 17.6 Å². The zero-order chi connectivity index (χ0) is 27.6. The van der Waals surface area contributed by atoms with Crippen molar-refractivity contribution in [1.82, 2.24) is 20.5 Å². The third-order valence-corrected chi connectivity index (χ3v) is 5.42. The topological polar surface area (TPSA) is 145 Å². The smallest absolute Gasteiger partial charge is 0.232 e. The summed E-state index contributed by atoms with van der Waals surface area (Å²) in [5.74, 6) is 3.46. The molecule has 0 unspecified atom stereocenters. The van der Waals surface area contributed by atoms with Crippen molar-refractivity contribution in [2.45, 2.75) is 0 Å². The van der Waals surface area contributed by atoms with Gasteiger partial charge in [-0.05, 0) is 12.1 Å². The molecule has 4 aromatic rings. The maximum absolute atomic E-state index is 5.42. The van der Waals surface area contributed by atoms with Crippen LogP contribution in [-0.4, -0.2) is 50.5 Å². The molecule has 0 atom stereocenters. The molecule has 0 amide bonds. The van der Waals surface area contributed by atoms with E-state index >= 15 is 0 Å². The Morgan fingerprint density at radius 3 is 1.79 bits per heavy atom. The fourth-order valence-electron chi connectivity index (χ4n) is 3.57. The Balaban J connectivity index is 1.45. The predicted octanol–water partition coefficient (Wildman–Crippen LogP) is 4.35. The lowest BCUT2D eigenvalue weighted by atomic mass is 10.2. The van der Waals surface area contributed by atoms with Crippen LogP contribution >= 0.6 is 0 Å². The monoisotopic (exact) mass is 534 g/mol. The lowest BCUT2D eigenvalue weighted by Crippen LogP contribution is -2.28. The number of benzene rings is 3. The minimum Gasteiger partial charge on any atom is -0.497 e. The quantitative estimate of drug-likeness (QED) is 0.155. The van der Waals surface area contributed by atoms with Crippen LogP contribution in [0.3, 0.4) is 0 Å². The molecule has 204 valence electrons. The van der Waals surface area contributed by atoms with Gasteiger partial charge < -0.3 is 45.2 Å². The number of aromatic nitrogens is 3. The van der Waals surface area contributed by atoms with Crippen LogP contribution < -0.4 is 50.7 Å². The molecule has 13 heteroatoms. The first-order valence-electron chi connectivity index (χ1n) is 11.7. The molecule has 1 aromatic heterocycles. The van der Waals surface area contributed by atoms with Crippen molar-refractivity contribution in [3.05, 3.63) is 60.9 Å². The maximum Gasteiger partial charge on any atom is 0.232 e. The van der Waals surface area contributed by atoms with E-state index in [4.69, 9.17) is 23.7 Å². The van der Waals surface area contributed by atoms with Crippen LogP contribution in [0.15, 0.2) is 60.9 Å². The second-order valence-corrected chi connectivity index (χ2v) is 7.82. The van der Waals surface area contributed by atoms with Crippen molar-refractivity contribution in [2.75, 3.05) is 57.0 Å². The second-order valence-electron chi connectivity index (χ2n) is 7.82.